The first-order valence-electron chi connectivity index (χ1n) is 7.29. The van der Waals surface area contributed by atoms with Crippen molar-refractivity contribution in [3.05, 3.63) is 52.3 Å². The topological polar surface area (TPSA) is 60.5 Å². The van der Waals surface area contributed by atoms with E-state index in [1.54, 1.807) is 18.5 Å². The van der Waals surface area contributed by atoms with E-state index in [2.05, 4.69) is 26.2 Å². The zero-order valence-electron chi connectivity index (χ0n) is 12.9. The first-order valence-corrected chi connectivity index (χ1v) is 8.08. The van der Waals surface area contributed by atoms with Gasteiger partial charge in [0.05, 0.1) is 11.1 Å². The van der Waals surface area contributed by atoms with Crippen LogP contribution >= 0.6 is 15.9 Å². The minimum Gasteiger partial charge on any atom is -0.486 e. The lowest BCUT2D eigenvalue weighted by Gasteiger charge is -2.28. The Morgan fingerprint density at radius 2 is 1.91 bits per heavy atom. The number of halogens is 1. The van der Waals surface area contributed by atoms with Gasteiger partial charge in [0.15, 0.2) is 11.5 Å². The van der Waals surface area contributed by atoms with Gasteiger partial charge in [-0.25, -0.2) is 0 Å². The molecule has 0 atom stereocenters. The zero-order chi connectivity index (χ0) is 16.4. The third-order valence-corrected chi connectivity index (χ3v) is 4.09. The fourth-order valence-corrected chi connectivity index (χ4v) is 2.76. The largest absolute Gasteiger partial charge is 0.486 e. The number of fused-ring (bicyclic) bond motifs is 1. The summed E-state index contributed by atoms with van der Waals surface area (Å²) in [6.07, 6.45) is 3.18. The average Bonchev–Trinajstić information content (AvgIpc) is 2.54. The Labute approximate surface area is 143 Å². The number of amides is 1. The van der Waals surface area contributed by atoms with Crippen LogP contribution in [-0.2, 0) is 5.54 Å². The molecule has 5 nitrogen and oxygen atoms in total. The number of nitrogens with one attached hydrogen (secondary N) is 1. The van der Waals surface area contributed by atoms with Crippen LogP contribution in [-0.4, -0.2) is 24.1 Å². The van der Waals surface area contributed by atoms with Crippen molar-refractivity contribution in [2.24, 2.45) is 0 Å². The summed E-state index contributed by atoms with van der Waals surface area (Å²) < 4.78 is 11.9. The second-order valence-electron chi connectivity index (χ2n) is 5.83. The van der Waals surface area contributed by atoms with E-state index in [0.717, 1.165) is 15.8 Å². The maximum atomic E-state index is 12.4. The Morgan fingerprint density at radius 3 is 2.65 bits per heavy atom. The molecule has 0 saturated carbocycles. The van der Waals surface area contributed by atoms with Crippen molar-refractivity contribution in [1.29, 1.82) is 0 Å². The summed E-state index contributed by atoms with van der Waals surface area (Å²) in [6.45, 7) is 4.98. The molecule has 3 rings (SSSR count). The van der Waals surface area contributed by atoms with Crippen molar-refractivity contribution < 1.29 is 14.3 Å². The molecule has 0 aliphatic carbocycles. The molecule has 1 aromatic heterocycles. The van der Waals surface area contributed by atoms with Crippen molar-refractivity contribution in [1.82, 2.24) is 10.3 Å². The number of hydrogen-bond donors (Lipinski definition) is 1. The fraction of sp³-hybridized carbons (Fsp3) is 0.294. The monoisotopic (exact) mass is 376 g/mol. The molecule has 1 amide bonds. The van der Waals surface area contributed by atoms with E-state index in [0.29, 0.717) is 24.5 Å². The molecule has 6 heteroatoms. The van der Waals surface area contributed by atoms with E-state index in [9.17, 15) is 4.79 Å². The maximum Gasteiger partial charge on any atom is 0.253 e. The van der Waals surface area contributed by atoms with E-state index < -0.39 is 5.54 Å². The minimum atomic E-state index is -0.560. The molecule has 1 aliphatic heterocycles. The molecule has 23 heavy (non-hydrogen) atoms. The second kappa shape index (κ2) is 6.20. The normalized spacial score (nSPS) is 13.5. The lowest BCUT2D eigenvalue weighted by molar-refractivity contribution is 0.0911. The quantitative estimate of drug-likeness (QED) is 0.892. The molecule has 120 valence electrons. The van der Waals surface area contributed by atoms with Crippen LogP contribution in [0.25, 0.3) is 0 Å². The highest BCUT2D eigenvalue weighted by molar-refractivity contribution is 9.10. The molecular formula is C17H17BrN2O3. The van der Waals surface area contributed by atoms with Crippen LogP contribution in [0.15, 0.2) is 41.1 Å². The number of pyridine rings is 1. The van der Waals surface area contributed by atoms with E-state index >= 15 is 0 Å². The van der Waals surface area contributed by atoms with Gasteiger partial charge in [-0.1, -0.05) is 6.07 Å². The number of benzene rings is 1. The maximum absolute atomic E-state index is 12.4. The second-order valence-corrected chi connectivity index (χ2v) is 6.75. The Bertz CT molecular complexity index is 746. The highest BCUT2D eigenvalue weighted by Gasteiger charge is 2.26. The SMILES string of the molecule is CC(C)(NC(=O)c1cncc(Br)c1)c1ccc2c(c1)OCCO2. The van der Waals surface area contributed by atoms with E-state index in [4.69, 9.17) is 9.47 Å². The number of carbonyl (C=O) groups is 1. The summed E-state index contributed by atoms with van der Waals surface area (Å²) in [5, 5.41) is 3.03. The van der Waals surface area contributed by atoms with Gasteiger partial charge in [-0.3, -0.25) is 9.78 Å². The van der Waals surface area contributed by atoms with Gasteiger partial charge in [0, 0.05) is 16.9 Å². The highest BCUT2D eigenvalue weighted by Crippen LogP contribution is 2.34. The average molecular weight is 377 g/mol. The Balaban J connectivity index is 1.82. The molecule has 1 N–H and O–H groups in total. The summed E-state index contributed by atoms with van der Waals surface area (Å²) in [5.41, 5.74) is 0.887. The van der Waals surface area contributed by atoms with Crippen LogP contribution in [0.1, 0.15) is 29.8 Å². The van der Waals surface area contributed by atoms with Gasteiger partial charge in [0.1, 0.15) is 13.2 Å². The lowest BCUT2D eigenvalue weighted by atomic mass is 9.93. The van der Waals surface area contributed by atoms with Crippen molar-refractivity contribution >= 4 is 21.8 Å². The van der Waals surface area contributed by atoms with Gasteiger partial charge in [-0.05, 0) is 53.5 Å². The van der Waals surface area contributed by atoms with E-state index in [-0.39, 0.29) is 5.91 Å². The van der Waals surface area contributed by atoms with Gasteiger partial charge in [-0.15, -0.1) is 0 Å². The van der Waals surface area contributed by atoms with Crippen molar-refractivity contribution in [3.8, 4) is 11.5 Å². The van der Waals surface area contributed by atoms with Crippen LogP contribution < -0.4 is 14.8 Å². The molecule has 2 aromatic rings. The molecule has 0 spiro atoms. The van der Waals surface area contributed by atoms with Gasteiger partial charge >= 0.3 is 0 Å². The van der Waals surface area contributed by atoms with Crippen LogP contribution in [0.3, 0.4) is 0 Å². The number of rotatable bonds is 3. The summed E-state index contributed by atoms with van der Waals surface area (Å²) >= 11 is 3.32. The number of carbonyl (C=O) groups excluding carboxylic acids is 1. The van der Waals surface area contributed by atoms with E-state index in [1.165, 1.54) is 0 Å². The lowest BCUT2D eigenvalue weighted by Crippen LogP contribution is -2.41. The fourth-order valence-electron chi connectivity index (χ4n) is 2.40. The number of aromatic nitrogens is 1. The predicted molar refractivity (Wildman–Crippen MR) is 89.9 cm³/mol. The first-order chi connectivity index (χ1) is 11.0. The summed E-state index contributed by atoms with van der Waals surface area (Å²) in [5.74, 6) is 1.26. The Kier molecular flexibility index (Phi) is 4.26. The Morgan fingerprint density at radius 1 is 1.17 bits per heavy atom. The number of ether oxygens (including phenoxy) is 2. The Hall–Kier alpha value is -2.08. The molecule has 0 radical (unpaired) electrons. The standard InChI is InChI=1S/C17H17BrN2O3/c1-17(2,20-16(21)11-7-13(18)10-19-9-11)12-3-4-14-15(8-12)23-6-5-22-14/h3-4,7-10H,5-6H2,1-2H3,(H,20,21). The van der Waals surface area contributed by atoms with Crippen molar-refractivity contribution in [3.63, 3.8) is 0 Å². The van der Waals surface area contributed by atoms with Gasteiger partial charge in [0.25, 0.3) is 5.91 Å². The van der Waals surface area contributed by atoms with Crippen LogP contribution in [0.5, 0.6) is 11.5 Å². The minimum absolute atomic E-state index is 0.182. The molecule has 0 unspecified atom stereocenters. The molecule has 0 bridgehead atoms. The molecular weight excluding hydrogens is 360 g/mol. The number of hydrogen-bond acceptors (Lipinski definition) is 4. The molecule has 1 aliphatic rings. The van der Waals surface area contributed by atoms with Gasteiger partial charge in [0.2, 0.25) is 0 Å². The predicted octanol–water partition coefficient (Wildman–Crippen LogP) is 3.28. The van der Waals surface area contributed by atoms with Gasteiger partial charge < -0.3 is 14.8 Å². The van der Waals surface area contributed by atoms with Crippen LogP contribution in [0.2, 0.25) is 0 Å². The smallest absolute Gasteiger partial charge is 0.253 e. The summed E-state index contributed by atoms with van der Waals surface area (Å²) in [4.78, 5) is 16.5. The zero-order valence-corrected chi connectivity index (χ0v) is 14.5. The van der Waals surface area contributed by atoms with Crippen molar-refractivity contribution in [2.45, 2.75) is 19.4 Å². The molecule has 2 heterocycles. The highest BCUT2D eigenvalue weighted by atomic mass is 79.9. The third-order valence-electron chi connectivity index (χ3n) is 3.66. The third kappa shape index (κ3) is 3.47. The number of nitrogens with zero attached hydrogens (tertiary/aromatic N) is 1. The van der Waals surface area contributed by atoms with Crippen LogP contribution in [0, 0.1) is 0 Å². The molecule has 0 saturated heterocycles. The molecule has 1 aromatic carbocycles. The van der Waals surface area contributed by atoms with Gasteiger partial charge in [-0.2, -0.15) is 0 Å². The van der Waals surface area contributed by atoms with Crippen molar-refractivity contribution in [2.75, 3.05) is 13.2 Å². The first kappa shape index (κ1) is 15.8. The molecule has 0 fully saturated rings. The summed E-state index contributed by atoms with van der Waals surface area (Å²) in [6, 6.07) is 7.46. The summed E-state index contributed by atoms with van der Waals surface area (Å²) in [7, 11) is 0. The van der Waals surface area contributed by atoms with Crippen LogP contribution in [0.4, 0.5) is 0 Å². The van der Waals surface area contributed by atoms with E-state index in [1.807, 2.05) is 32.0 Å².